The number of pyridine rings is 1. The van der Waals surface area contributed by atoms with E-state index in [0.29, 0.717) is 29.5 Å². The van der Waals surface area contributed by atoms with E-state index in [0.717, 1.165) is 15.9 Å². The molecular formula is C19H22NO4+. The Bertz CT molecular complexity index is 796. The van der Waals surface area contributed by atoms with Gasteiger partial charge >= 0.3 is 0 Å². The molecule has 0 spiro atoms. The molecule has 1 aliphatic rings. The summed E-state index contributed by atoms with van der Waals surface area (Å²) in [5, 5.41) is 10.3. The maximum atomic E-state index is 10.3. The number of rotatable bonds is 3. The number of nitrogens with zero attached hydrogens (tertiary/aromatic N) is 1. The minimum absolute atomic E-state index is 0.197. The van der Waals surface area contributed by atoms with E-state index >= 15 is 0 Å². The van der Waals surface area contributed by atoms with Crippen molar-refractivity contribution in [3.63, 3.8) is 0 Å². The van der Waals surface area contributed by atoms with Gasteiger partial charge in [-0.3, -0.25) is 5.21 Å². The van der Waals surface area contributed by atoms with E-state index in [2.05, 4.69) is 19.9 Å². The molecule has 0 saturated carbocycles. The van der Waals surface area contributed by atoms with Crippen molar-refractivity contribution >= 4 is 5.57 Å². The van der Waals surface area contributed by atoms with Crippen molar-refractivity contribution in [1.29, 1.82) is 0 Å². The zero-order chi connectivity index (χ0) is 17.3. The second-order valence-corrected chi connectivity index (χ2v) is 6.47. The quantitative estimate of drug-likeness (QED) is 0.695. The first kappa shape index (κ1) is 16.2. The van der Waals surface area contributed by atoms with Crippen LogP contribution in [0.4, 0.5) is 0 Å². The first-order valence-electron chi connectivity index (χ1n) is 7.77. The lowest BCUT2D eigenvalue weighted by atomic mass is 9.89. The number of hydrogen-bond acceptors (Lipinski definition) is 4. The predicted molar refractivity (Wildman–Crippen MR) is 89.7 cm³/mol. The van der Waals surface area contributed by atoms with Gasteiger partial charge in [-0.05, 0) is 12.1 Å². The average molecular weight is 328 g/mol. The van der Waals surface area contributed by atoms with Gasteiger partial charge in [0.2, 0.25) is 6.20 Å². The Labute approximate surface area is 141 Å². The molecule has 3 rings (SSSR count). The molecule has 126 valence electrons. The molecule has 24 heavy (non-hydrogen) atoms. The van der Waals surface area contributed by atoms with E-state index in [9.17, 15) is 5.21 Å². The molecule has 1 aliphatic heterocycles. The van der Waals surface area contributed by atoms with Crippen LogP contribution in [-0.4, -0.2) is 26.0 Å². The molecule has 0 radical (unpaired) electrons. The van der Waals surface area contributed by atoms with Crippen LogP contribution in [0.25, 0.3) is 5.57 Å². The number of benzene rings is 1. The molecule has 2 heterocycles. The highest BCUT2D eigenvalue weighted by Crippen LogP contribution is 2.43. The van der Waals surface area contributed by atoms with Gasteiger partial charge in [0.1, 0.15) is 5.75 Å². The Morgan fingerprint density at radius 1 is 1.12 bits per heavy atom. The van der Waals surface area contributed by atoms with Gasteiger partial charge in [-0.15, -0.1) is 0 Å². The topological polar surface area (TPSA) is 51.8 Å². The van der Waals surface area contributed by atoms with E-state index in [1.807, 2.05) is 24.3 Å². The summed E-state index contributed by atoms with van der Waals surface area (Å²) in [7, 11) is 3.20. The molecule has 1 N–H and O–H groups in total. The van der Waals surface area contributed by atoms with Crippen molar-refractivity contribution in [3.05, 3.63) is 53.9 Å². The summed E-state index contributed by atoms with van der Waals surface area (Å²) in [6.45, 7) is 4.72. The summed E-state index contributed by atoms with van der Waals surface area (Å²) >= 11 is 0. The van der Waals surface area contributed by atoms with E-state index in [-0.39, 0.29) is 5.41 Å². The van der Waals surface area contributed by atoms with Crippen LogP contribution in [0.2, 0.25) is 0 Å². The first-order chi connectivity index (χ1) is 11.4. The highest BCUT2D eigenvalue weighted by Gasteiger charge is 2.30. The zero-order valence-corrected chi connectivity index (χ0v) is 14.4. The number of aromatic nitrogens is 1. The molecule has 2 aromatic rings. The summed E-state index contributed by atoms with van der Waals surface area (Å²) in [6, 6.07) is 9.25. The minimum atomic E-state index is -0.197. The van der Waals surface area contributed by atoms with Gasteiger partial charge in [0.25, 0.3) is 5.69 Å². The van der Waals surface area contributed by atoms with Gasteiger partial charge in [-0.1, -0.05) is 19.9 Å². The van der Waals surface area contributed by atoms with Gasteiger partial charge in [0.15, 0.2) is 11.5 Å². The second-order valence-electron chi connectivity index (χ2n) is 6.47. The number of ether oxygens (including phenoxy) is 3. The van der Waals surface area contributed by atoms with Crippen LogP contribution in [0.3, 0.4) is 0 Å². The van der Waals surface area contributed by atoms with Crippen LogP contribution in [-0.2, 0) is 0 Å². The molecule has 1 aromatic heterocycles. The third kappa shape index (κ3) is 2.89. The second kappa shape index (κ2) is 6.07. The largest absolute Gasteiger partial charge is 0.493 e. The summed E-state index contributed by atoms with van der Waals surface area (Å²) < 4.78 is 18.0. The van der Waals surface area contributed by atoms with Crippen LogP contribution >= 0.6 is 0 Å². The van der Waals surface area contributed by atoms with Crippen LogP contribution < -0.4 is 18.9 Å². The molecule has 0 bridgehead atoms. The third-order valence-corrected chi connectivity index (χ3v) is 4.03. The fourth-order valence-electron chi connectivity index (χ4n) is 2.82. The summed E-state index contributed by atoms with van der Waals surface area (Å²) in [5.41, 5.74) is 2.23. The lowest BCUT2D eigenvalue weighted by Gasteiger charge is -2.18. The maximum absolute atomic E-state index is 10.3. The van der Waals surface area contributed by atoms with E-state index in [1.165, 1.54) is 0 Å². The monoisotopic (exact) mass is 328 g/mol. The predicted octanol–water partition coefficient (Wildman–Crippen LogP) is 3.08. The van der Waals surface area contributed by atoms with Gasteiger partial charge in [0.05, 0.1) is 26.4 Å². The molecule has 1 aromatic carbocycles. The highest BCUT2D eigenvalue weighted by atomic mass is 16.5. The third-order valence-electron chi connectivity index (χ3n) is 4.03. The summed E-state index contributed by atoms with van der Waals surface area (Å²) in [4.78, 5) is 0. The van der Waals surface area contributed by atoms with Crippen molar-refractivity contribution < 1.29 is 24.1 Å². The average Bonchev–Trinajstić information content (AvgIpc) is 2.70. The molecule has 0 unspecified atom stereocenters. The fraction of sp³-hybridized carbons (Fsp3) is 0.316. The highest BCUT2D eigenvalue weighted by molar-refractivity contribution is 5.82. The number of methoxy groups -OCH3 is 2. The van der Waals surface area contributed by atoms with Crippen molar-refractivity contribution in [2.75, 3.05) is 20.8 Å². The molecule has 0 fully saturated rings. The lowest BCUT2D eigenvalue weighted by molar-refractivity contribution is -0.906. The van der Waals surface area contributed by atoms with Crippen LogP contribution in [0.1, 0.15) is 25.1 Å². The molecule has 5 heteroatoms. The number of hydrogen-bond donors (Lipinski definition) is 1. The lowest BCUT2D eigenvalue weighted by Crippen LogP contribution is -2.34. The molecule has 5 nitrogen and oxygen atoms in total. The smallest absolute Gasteiger partial charge is 0.264 e. The van der Waals surface area contributed by atoms with Gasteiger partial charge < -0.3 is 14.2 Å². The summed E-state index contributed by atoms with van der Waals surface area (Å²) in [6.07, 6.45) is 3.72. The number of fused-ring (bicyclic) bond motifs is 1. The van der Waals surface area contributed by atoms with Crippen molar-refractivity contribution in [1.82, 2.24) is 0 Å². The van der Waals surface area contributed by atoms with E-state index in [1.54, 1.807) is 26.5 Å². The minimum Gasteiger partial charge on any atom is -0.493 e. The van der Waals surface area contributed by atoms with Crippen LogP contribution in [0.15, 0.2) is 42.6 Å². The normalized spacial score (nSPS) is 15.6. The van der Waals surface area contributed by atoms with E-state index in [4.69, 9.17) is 14.2 Å². The van der Waals surface area contributed by atoms with Crippen LogP contribution in [0, 0.1) is 5.41 Å². The Balaban J connectivity index is 2.27. The maximum Gasteiger partial charge on any atom is 0.264 e. The Kier molecular flexibility index (Phi) is 4.09. The Hall–Kier alpha value is -2.69. The molecule has 0 saturated heterocycles. The SMILES string of the molecule is COc1cc2c(cc1OC)C(c1cccc[n+]1O)=CC(C)(C)CO2. The zero-order valence-electron chi connectivity index (χ0n) is 14.4. The fourth-order valence-corrected chi connectivity index (χ4v) is 2.82. The van der Waals surface area contributed by atoms with Gasteiger partial charge in [-0.25, -0.2) is 0 Å². The van der Waals surface area contributed by atoms with Gasteiger partial charge in [-0.2, -0.15) is 0 Å². The van der Waals surface area contributed by atoms with Crippen molar-refractivity contribution in [3.8, 4) is 17.2 Å². The molecular weight excluding hydrogens is 306 g/mol. The van der Waals surface area contributed by atoms with Gasteiger partial charge in [0, 0.05) is 33.9 Å². The van der Waals surface area contributed by atoms with Crippen LogP contribution in [0.5, 0.6) is 17.2 Å². The molecule has 0 amide bonds. The molecule has 0 atom stereocenters. The van der Waals surface area contributed by atoms with Crippen molar-refractivity contribution in [2.24, 2.45) is 5.41 Å². The summed E-state index contributed by atoms with van der Waals surface area (Å²) in [5.74, 6) is 1.93. The Morgan fingerprint density at radius 2 is 1.83 bits per heavy atom. The molecule has 0 aliphatic carbocycles. The first-order valence-corrected chi connectivity index (χ1v) is 7.77. The van der Waals surface area contributed by atoms with E-state index < -0.39 is 0 Å². The Morgan fingerprint density at radius 3 is 2.50 bits per heavy atom. The standard InChI is InChI=1S/C19H22NO4/c1-19(2)11-14(15-7-5-6-8-20(15)21)13-9-17(22-3)18(23-4)10-16(13)24-12-19/h5-11,21H,12H2,1-4H3/q+1. The van der Waals surface area contributed by atoms with Crippen molar-refractivity contribution in [2.45, 2.75) is 13.8 Å².